The Morgan fingerprint density at radius 1 is 1.62 bits per heavy atom. The zero-order chi connectivity index (χ0) is 10.3. The van der Waals surface area contributed by atoms with E-state index < -0.39 is 0 Å². The van der Waals surface area contributed by atoms with E-state index in [1.807, 2.05) is 19.9 Å². The molecular weight excluding hydrogens is 168 g/mol. The minimum Gasteiger partial charge on any atom is -0.468 e. The molecule has 0 aliphatic heterocycles. The van der Waals surface area contributed by atoms with Crippen LogP contribution in [0.2, 0.25) is 0 Å². The molecule has 0 amide bonds. The summed E-state index contributed by atoms with van der Waals surface area (Å²) in [5.74, 6) is -0.0981. The second kappa shape index (κ2) is 6.44. The van der Waals surface area contributed by atoms with Gasteiger partial charge >= 0.3 is 5.97 Å². The van der Waals surface area contributed by atoms with Crippen molar-refractivity contribution in [3.8, 4) is 6.07 Å². The molecule has 74 valence electrons. The average molecular weight is 184 g/mol. The maximum Gasteiger partial charge on any atom is 0.323 e. The Morgan fingerprint density at radius 2 is 2.23 bits per heavy atom. The Labute approximate surface area is 78.9 Å². The number of carbonyl (C=O) groups is 1. The van der Waals surface area contributed by atoms with Crippen molar-refractivity contribution in [3.63, 3.8) is 0 Å². The molecule has 0 bridgehead atoms. The monoisotopic (exact) mass is 184 g/mol. The van der Waals surface area contributed by atoms with Crippen LogP contribution in [0.15, 0.2) is 0 Å². The van der Waals surface area contributed by atoms with Gasteiger partial charge in [0.05, 0.1) is 13.2 Å². The third-order valence-corrected chi connectivity index (χ3v) is 1.72. The summed E-state index contributed by atoms with van der Waals surface area (Å²) in [6, 6.07) is 1.70. The van der Waals surface area contributed by atoms with Gasteiger partial charge in [0.25, 0.3) is 0 Å². The normalized spacial score (nSPS) is 12.2. The van der Waals surface area contributed by atoms with E-state index in [4.69, 9.17) is 5.26 Å². The minimum atomic E-state index is -0.307. The van der Waals surface area contributed by atoms with E-state index in [2.05, 4.69) is 10.1 Å². The standard InChI is InChI=1S/C9H16N2O2/c1-7(2)8(9(12)13-3)11-6-4-5-10/h7-8,11H,4,6H2,1-3H3/t8-/m0/s1. The van der Waals surface area contributed by atoms with Gasteiger partial charge in [-0.3, -0.25) is 4.79 Å². The molecule has 4 heteroatoms. The third-order valence-electron chi connectivity index (χ3n) is 1.72. The van der Waals surface area contributed by atoms with E-state index in [1.165, 1.54) is 7.11 Å². The molecule has 0 radical (unpaired) electrons. The minimum absolute atomic E-state index is 0.172. The fourth-order valence-electron chi connectivity index (χ4n) is 1.00. The van der Waals surface area contributed by atoms with E-state index >= 15 is 0 Å². The molecule has 0 saturated heterocycles. The lowest BCUT2D eigenvalue weighted by Gasteiger charge is -2.18. The number of rotatable bonds is 5. The highest BCUT2D eigenvalue weighted by molar-refractivity contribution is 5.75. The summed E-state index contributed by atoms with van der Waals surface area (Å²) in [4.78, 5) is 11.2. The topological polar surface area (TPSA) is 62.1 Å². The smallest absolute Gasteiger partial charge is 0.323 e. The number of nitrogens with one attached hydrogen (secondary N) is 1. The van der Waals surface area contributed by atoms with Crippen molar-refractivity contribution in [1.29, 1.82) is 5.26 Å². The number of nitrogens with zero attached hydrogens (tertiary/aromatic N) is 1. The van der Waals surface area contributed by atoms with Crippen LogP contribution in [-0.2, 0) is 9.53 Å². The number of nitriles is 1. The Morgan fingerprint density at radius 3 is 2.62 bits per heavy atom. The van der Waals surface area contributed by atoms with Crippen LogP contribution >= 0.6 is 0 Å². The molecule has 0 rings (SSSR count). The van der Waals surface area contributed by atoms with Crippen molar-refractivity contribution >= 4 is 5.97 Å². The second-order valence-electron chi connectivity index (χ2n) is 3.11. The molecule has 0 aromatic rings. The van der Waals surface area contributed by atoms with Crippen LogP contribution in [0.1, 0.15) is 20.3 Å². The summed E-state index contributed by atoms with van der Waals surface area (Å²) in [7, 11) is 1.36. The number of hydrogen-bond donors (Lipinski definition) is 1. The number of hydrogen-bond acceptors (Lipinski definition) is 4. The van der Waals surface area contributed by atoms with Gasteiger partial charge in [0.15, 0.2) is 0 Å². The molecule has 0 spiro atoms. The van der Waals surface area contributed by atoms with Crippen molar-refractivity contribution < 1.29 is 9.53 Å². The highest BCUT2D eigenvalue weighted by Crippen LogP contribution is 2.03. The van der Waals surface area contributed by atoms with Crippen molar-refractivity contribution in [1.82, 2.24) is 5.32 Å². The fraction of sp³-hybridized carbons (Fsp3) is 0.778. The quantitative estimate of drug-likeness (QED) is 0.504. The van der Waals surface area contributed by atoms with Gasteiger partial charge in [-0.05, 0) is 5.92 Å². The molecule has 0 aliphatic rings. The highest BCUT2D eigenvalue weighted by atomic mass is 16.5. The number of carbonyl (C=O) groups excluding carboxylic acids is 1. The summed E-state index contributed by atoms with van der Waals surface area (Å²) < 4.78 is 4.62. The van der Waals surface area contributed by atoms with Crippen LogP contribution in [0.25, 0.3) is 0 Å². The van der Waals surface area contributed by atoms with Gasteiger partial charge in [0.1, 0.15) is 6.04 Å². The van der Waals surface area contributed by atoms with Gasteiger partial charge < -0.3 is 10.1 Å². The molecule has 0 heterocycles. The summed E-state index contributed by atoms with van der Waals surface area (Å²) in [6.45, 7) is 4.39. The number of methoxy groups -OCH3 is 1. The van der Waals surface area contributed by atoms with Gasteiger partial charge in [-0.15, -0.1) is 0 Å². The SMILES string of the molecule is COC(=O)[C@@H](NCCC#N)C(C)C. The van der Waals surface area contributed by atoms with Crippen LogP contribution in [-0.4, -0.2) is 25.7 Å². The summed E-state index contributed by atoms with van der Waals surface area (Å²) in [6.07, 6.45) is 0.403. The Bertz CT molecular complexity index is 196. The molecule has 13 heavy (non-hydrogen) atoms. The highest BCUT2D eigenvalue weighted by Gasteiger charge is 2.21. The Kier molecular flexibility index (Phi) is 5.90. The van der Waals surface area contributed by atoms with Gasteiger partial charge in [0.2, 0.25) is 0 Å². The van der Waals surface area contributed by atoms with Crippen LogP contribution < -0.4 is 5.32 Å². The van der Waals surface area contributed by atoms with Gasteiger partial charge in [-0.1, -0.05) is 13.8 Å². The Balaban J connectivity index is 3.97. The van der Waals surface area contributed by atoms with Crippen LogP contribution in [0, 0.1) is 17.2 Å². The maximum absolute atomic E-state index is 11.2. The lowest BCUT2D eigenvalue weighted by Crippen LogP contribution is -2.42. The third kappa shape index (κ3) is 4.48. The molecule has 4 nitrogen and oxygen atoms in total. The van der Waals surface area contributed by atoms with Crippen molar-refractivity contribution in [2.75, 3.05) is 13.7 Å². The first-order valence-corrected chi connectivity index (χ1v) is 4.31. The van der Waals surface area contributed by atoms with Gasteiger partial charge in [0, 0.05) is 13.0 Å². The molecular formula is C9H16N2O2. The first-order chi connectivity index (χ1) is 6.13. The summed E-state index contributed by atoms with van der Waals surface area (Å²) >= 11 is 0. The fourth-order valence-corrected chi connectivity index (χ4v) is 1.00. The predicted molar refractivity (Wildman–Crippen MR) is 48.9 cm³/mol. The molecule has 0 fully saturated rings. The van der Waals surface area contributed by atoms with Crippen LogP contribution in [0.3, 0.4) is 0 Å². The number of ether oxygens (including phenoxy) is 1. The van der Waals surface area contributed by atoms with Gasteiger partial charge in [-0.25, -0.2) is 0 Å². The lowest BCUT2D eigenvalue weighted by molar-refractivity contribution is -0.144. The predicted octanol–water partition coefficient (Wildman–Crippen LogP) is 0.687. The zero-order valence-corrected chi connectivity index (χ0v) is 8.33. The molecule has 0 aliphatic carbocycles. The summed E-state index contributed by atoms with van der Waals surface area (Å²) in [5, 5.41) is 11.3. The van der Waals surface area contributed by atoms with E-state index in [9.17, 15) is 4.79 Å². The maximum atomic E-state index is 11.2. The van der Waals surface area contributed by atoms with Crippen molar-refractivity contribution in [2.45, 2.75) is 26.3 Å². The average Bonchev–Trinajstić information content (AvgIpc) is 2.11. The molecule has 0 unspecified atom stereocenters. The van der Waals surface area contributed by atoms with Crippen LogP contribution in [0.5, 0.6) is 0 Å². The number of esters is 1. The Hall–Kier alpha value is -1.08. The second-order valence-corrected chi connectivity index (χ2v) is 3.11. The van der Waals surface area contributed by atoms with Crippen molar-refractivity contribution in [2.24, 2.45) is 5.92 Å². The largest absolute Gasteiger partial charge is 0.468 e. The zero-order valence-electron chi connectivity index (χ0n) is 8.33. The van der Waals surface area contributed by atoms with E-state index in [1.54, 1.807) is 0 Å². The van der Waals surface area contributed by atoms with Gasteiger partial charge in [-0.2, -0.15) is 5.26 Å². The first kappa shape index (κ1) is 11.9. The molecule has 0 aromatic carbocycles. The van der Waals surface area contributed by atoms with E-state index in [0.717, 1.165) is 0 Å². The molecule has 1 atom stereocenters. The molecule has 0 saturated carbocycles. The van der Waals surface area contributed by atoms with Crippen LogP contribution in [0.4, 0.5) is 0 Å². The van der Waals surface area contributed by atoms with E-state index in [-0.39, 0.29) is 17.9 Å². The van der Waals surface area contributed by atoms with Crippen molar-refractivity contribution in [3.05, 3.63) is 0 Å². The first-order valence-electron chi connectivity index (χ1n) is 4.31. The lowest BCUT2D eigenvalue weighted by atomic mass is 10.0. The molecule has 0 aromatic heterocycles. The molecule has 1 N–H and O–H groups in total. The van der Waals surface area contributed by atoms with E-state index in [0.29, 0.717) is 13.0 Å². The summed E-state index contributed by atoms with van der Waals surface area (Å²) in [5.41, 5.74) is 0.